The van der Waals surface area contributed by atoms with Gasteiger partial charge < -0.3 is 41.8 Å². The van der Waals surface area contributed by atoms with Gasteiger partial charge in [-0.1, -0.05) is 19.3 Å². The molecule has 0 aromatic carbocycles. The van der Waals surface area contributed by atoms with Crippen LogP contribution in [0.1, 0.15) is 70.6 Å². The van der Waals surface area contributed by atoms with Gasteiger partial charge in [-0.15, -0.1) is 16.5 Å². The van der Waals surface area contributed by atoms with Crippen molar-refractivity contribution in [2.24, 2.45) is 11.7 Å². The summed E-state index contributed by atoms with van der Waals surface area (Å²) < 4.78 is -0.330. The quantitative estimate of drug-likeness (QED) is 0.0665. The normalized spacial score (nSPS) is 21.7. The van der Waals surface area contributed by atoms with Crippen molar-refractivity contribution < 1.29 is 44.1 Å². The van der Waals surface area contributed by atoms with Crippen LogP contribution in [-0.2, 0) is 19.2 Å². The van der Waals surface area contributed by atoms with Gasteiger partial charge >= 0.3 is 18.0 Å². The number of Topliss-reactive ketones (excluding diaryl/α,β-unsaturated/α-hetero) is 1. The standard InChI is InChI=1S/C27H41N5O9S/c28-14-6-4-8-17(24(38)41-32-20(34)11-12-21(32)35)19(33)9-2-1-7-15-29-25(39)27(13-5-3-10-22(36)37)23-18(16-42-27)30-26(40)31-23/h11-12,17-18,23,34-35H,1-10,13-16,28H2,(H,29,39)(H,36,37)(H2,30,31,40)/t17?,18-,23-,27-/m0/s1. The second-order valence-electron chi connectivity index (χ2n) is 10.6. The summed E-state index contributed by atoms with van der Waals surface area (Å²) in [5.41, 5.74) is 5.54. The number of nitrogens with one attached hydrogen (secondary N) is 3. The maximum absolute atomic E-state index is 13.4. The number of nitrogens with two attached hydrogens (primary N) is 1. The molecule has 2 aliphatic rings. The third-order valence-corrected chi connectivity index (χ3v) is 9.27. The zero-order chi connectivity index (χ0) is 30.7. The molecule has 3 heterocycles. The molecule has 2 aliphatic heterocycles. The second kappa shape index (κ2) is 15.7. The number of hydrogen-bond donors (Lipinski definition) is 7. The van der Waals surface area contributed by atoms with Crippen LogP contribution in [-0.4, -0.2) is 85.4 Å². The van der Waals surface area contributed by atoms with Gasteiger partial charge in [0.05, 0.1) is 12.1 Å². The number of fused-ring (bicyclic) bond motifs is 1. The number of amides is 3. The van der Waals surface area contributed by atoms with E-state index in [1.165, 1.54) is 11.8 Å². The Labute approximate surface area is 248 Å². The van der Waals surface area contributed by atoms with Gasteiger partial charge in [-0.25, -0.2) is 9.59 Å². The van der Waals surface area contributed by atoms with E-state index in [0.717, 1.165) is 12.1 Å². The number of ketones is 1. The number of aliphatic carboxylic acids is 1. The molecule has 42 heavy (non-hydrogen) atoms. The number of carboxylic acids is 1. The highest BCUT2D eigenvalue weighted by Crippen LogP contribution is 2.44. The summed E-state index contributed by atoms with van der Waals surface area (Å²) in [6.07, 6.45) is 4.61. The number of aromatic nitrogens is 1. The van der Waals surface area contributed by atoms with Gasteiger partial charge in [0.15, 0.2) is 0 Å². The van der Waals surface area contributed by atoms with E-state index in [1.807, 2.05) is 0 Å². The molecule has 234 valence electrons. The second-order valence-corrected chi connectivity index (χ2v) is 12.0. The molecule has 1 aromatic heterocycles. The molecule has 8 N–H and O–H groups in total. The van der Waals surface area contributed by atoms with Crippen molar-refractivity contribution in [2.45, 2.75) is 87.5 Å². The Morgan fingerprint density at radius 2 is 1.76 bits per heavy atom. The van der Waals surface area contributed by atoms with E-state index in [0.29, 0.717) is 74.9 Å². The summed E-state index contributed by atoms with van der Waals surface area (Å²) in [6, 6.07) is 1.43. The lowest BCUT2D eigenvalue weighted by atomic mass is 9.88. The van der Waals surface area contributed by atoms with Crippen LogP contribution >= 0.6 is 11.8 Å². The number of urea groups is 1. The summed E-state index contributed by atoms with van der Waals surface area (Å²) in [5, 5.41) is 37.1. The molecule has 0 radical (unpaired) electrons. The molecule has 3 rings (SSSR count). The molecule has 0 saturated carbocycles. The molecular weight excluding hydrogens is 570 g/mol. The van der Waals surface area contributed by atoms with Crippen LogP contribution in [0.4, 0.5) is 4.79 Å². The summed E-state index contributed by atoms with van der Waals surface area (Å²) in [7, 11) is 0. The molecule has 4 atom stereocenters. The molecular formula is C27H41N5O9S. The Morgan fingerprint density at radius 3 is 2.45 bits per heavy atom. The molecule has 2 fully saturated rings. The minimum Gasteiger partial charge on any atom is -0.492 e. The number of carbonyl (C=O) groups excluding carboxylic acids is 4. The zero-order valence-electron chi connectivity index (χ0n) is 23.5. The maximum Gasteiger partial charge on any atom is 0.343 e. The Balaban J connectivity index is 1.47. The van der Waals surface area contributed by atoms with Gasteiger partial charge in [-0.3, -0.25) is 14.4 Å². The summed E-state index contributed by atoms with van der Waals surface area (Å²) >= 11 is 1.47. The van der Waals surface area contributed by atoms with Gasteiger partial charge in [0, 0.05) is 37.3 Å². The number of rotatable bonds is 19. The van der Waals surface area contributed by atoms with Crippen LogP contribution in [0.3, 0.4) is 0 Å². The van der Waals surface area contributed by atoms with E-state index in [4.69, 9.17) is 15.7 Å². The smallest absolute Gasteiger partial charge is 0.343 e. The molecule has 0 bridgehead atoms. The minimum absolute atomic E-state index is 0.0166. The number of hydrogen-bond acceptors (Lipinski definition) is 10. The molecule has 1 unspecified atom stereocenters. The third kappa shape index (κ3) is 8.53. The molecule has 1 aromatic rings. The number of thioether (sulfide) groups is 1. The van der Waals surface area contributed by atoms with Crippen molar-refractivity contribution in [2.75, 3.05) is 18.8 Å². The van der Waals surface area contributed by atoms with Gasteiger partial charge in [-0.05, 0) is 45.1 Å². The van der Waals surface area contributed by atoms with Gasteiger partial charge in [-0.2, -0.15) is 0 Å². The highest BCUT2D eigenvalue weighted by atomic mass is 32.2. The minimum atomic E-state index is -1.07. The van der Waals surface area contributed by atoms with Crippen LogP contribution in [0.5, 0.6) is 11.8 Å². The van der Waals surface area contributed by atoms with Crippen molar-refractivity contribution in [1.29, 1.82) is 0 Å². The zero-order valence-corrected chi connectivity index (χ0v) is 24.3. The van der Waals surface area contributed by atoms with Gasteiger partial charge in [0.2, 0.25) is 17.7 Å². The van der Waals surface area contributed by atoms with Crippen LogP contribution in [0.15, 0.2) is 12.1 Å². The monoisotopic (exact) mass is 611 g/mol. The van der Waals surface area contributed by atoms with E-state index in [2.05, 4.69) is 16.0 Å². The van der Waals surface area contributed by atoms with Gasteiger partial charge in [0.1, 0.15) is 16.4 Å². The van der Waals surface area contributed by atoms with Crippen LogP contribution in [0, 0.1) is 5.92 Å². The first kappa shape index (κ1) is 33.0. The molecule has 2 saturated heterocycles. The van der Waals surface area contributed by atoms with Crippen molar-refractivity contribution in [3.8, 4) is 11.8 Å². The first-order valence-corrected chi connectivity index (χ1v) is 15.3. The van der Waals surface area contributed by atoms with Crippen molar-refractivity contribution >= 4 is 41.4 Å². The van der Waals surface area contributed by atoms with Crippen LogP contribution in [0.2, 0.25) is 0 Å². The predicted octanol–water partition coefficient (Wildman–Crippen LogP) is 1.03. The number of carboxylic acid groups (broad SMARTS) is 1. The lowest BCUT2D eigenvalue weighted by Crippen LogP contribution is -2.56. The number of nitrogens with zero attached hydrogens (tertiary/aromatic N) is 1. The Kier molecular flexibility index (Phi) is 12.3. The van der Waals surface area contributed by atoms with E-state index >= 15 is 0 Å². The Bertz CT molecular complexity index is 1110. The Morgan fingerprint density at radius 1 is 1.05 bits per heavy atom. The van der Waals surface area contributed by atoms with E-state index < -0.39 is 34.4 Å². The molecule has 0 aliphatic carbocycles. The van der Waals surface area contributed by atoms with Crippen LogP contribution < -0.4 is 26.5 Å². The lowest BCUT2D eigenvalue weighted by Gasteiger charge is -2.32. The predicted molar refractivity (Wildman–Crippen MR) is 153 cm³/mol. The maximum atomic E-state index is 13.4. The number of carbonyl (C=O) groups is 5. The average Bonchev–Trinajstić information content (AvgIpc) is 3.59. The molecule has 0 spiro atoms. The molecule has 3 amide bonds. The summed E-state index contributed by atoms with van der Waals surface area (Å²) in [4.78, 5) is 66.9. The fraction of sp³-hybridized carbons (Fsp3) is 0.667. The Hall–Kier alpha value is -3.46. The number of aromatic hydroxyl groups is 2. The molecule has 14 nitrogen and oxygen atoms in total. The van der Waals surface area contributed by atoms with Crippen molar-refractivity contribution in [1.82, 2.24) is 20.7 Å². The van der Waals surface area contributed by atoms with E-state index in [9.17, 15) is 34.2 Å². The van der Waals surface area contributed by atoms with Crippen LogP contribution in [0.25, 0.3) is 0 Å². The first-order valence-electron chi connectivity index (χ1n) is 14.3. The summed E-state index contributed by atoms with van der Waals surface area (Å²) in [5.74, 6) is -3.72. The largest absolute Gasteiger partial charge is 0.492 e. The first-order chi connectivity index (χ1) is 20.1. The average molecular weight is 612 g/mol. The number of unbranched alkanes of at least 4 members (excludes halogenated alkanes) is 4. The van der Waals surface area contributed by atoms with Crippen molar-refractivity contribution in [3.05, 3.63) is 12.1 Å². The topological polar surface area (TPSA) is 222 Å². The third-order valence-electron chi connectivity index (χ3n) is 7.59. The fourth-order valence-corrected chi connectivity index (χ4v) is 6.98. The van der Waals surface area contributed by atoms with Crippen molar-refractivity contribution in [3.63, 3.8) is 0 Å². The summed E-state index contributed by atoms with van der Waals surface area (Å²) in [6.45, 7) is 0.768. The highest BCUT2D eigenvalue weighted by molar-refractivity contribution is 8.01. The SMILES string of the molecule is NCCCCC(C(=O)CCCCCNC(=O)[C@@]1(CCCCC(=O)O)SC[C@@H]2NC(=O)N[C@@H]21)C(=O)On1c(O)ccc1O. The lowest BCUT2D eigenvalue weighted by molar-refractivity contribution is -0.154. The highest BCUT2D eigenvalue weighted by Gasteiger charge is 2.57. The van der Waals surface area contributed by atoms with Gasteiger partial charge in [0.25, 0.3) is 0 Å². The molecule has 15 heteroatoms. The fourth-order valence-electron chi connectivity index (χ4n) is 5.33. The van der Waals surface area contributed by atoms with E-state index in [-0.39, 0.29) is 49.1 Å². The van der Waals surface area contributed by atoms with E-state index in [1.54, 1.807) is 0 Å².